The van der Waals surface area contributed by atoms with Gasteiger partial charge in [-0.25, -0.2) is 0 Å². The lowest BCUT2D eigenvalue weighted by Crippen LogP contribution is -2.53. The Labute approximate surface area is 83.3 Å². The Bertz CT molecular complexity index is 202. The van der Waals surface area contributed by atoms with Crippen LogP contribution in [0.15, 0.2) is 0 Å². The topological polar surface area (TPSA) is 95.6 Å². The summed E-state index contributed by atoms with van der Waals surface area (Å²) in [4.78, 5) is 11.6. The van der Waals surface area contributed by atoms with Crippen LogP contribution in [0.2, 0.25) is 0 Å². The number of hydrogen-bond donors (Lipinski definition) is 4. The summed E-state index contributed by atoms with van der Waals surface area (Å²) in [5, 5.41) is 20.1. The summed E-state index contributed by atoms with van der Waals surface area (Å²) >= 11 is 0. The zero-order valence-electron chi connectivity index (χ0n) is 8.20. The molecule has 0 radical (unpaired) electrons. The fraction of sp³-hybridized carbons (Fsp3) is 0.889. The van der Waals surface area contributed by atoms with Crippen molar-refractivity contribution >= 4 is 5.91 Å². The van der Waals surface area contributed by atoms with Crippen molar-refractivity contribution in [3.8, 4) is 0 Å². The van der Waals surface area contributed by atoms with Crippen LogP contribution >= 0.6 is 0 Å². The molecular formula is C9H18N2O3. The van der Waals surface area contributed by atoms with Crippen molar-refractivity contribution in [1.29, 1.82) is 0 Å². The van der Waals surface area contributed by atoms with Crippen LogP contribution in [0.5, 0.6) is 0 Å². The van der Waals surface area contributed by atoms with E-state index in [0.717, 1.165) is 12.8 Å². The van der Waals surface area contributed by atoms with Gasteiger partial charge in [-0.15, -0.1) is 0 Å². The molecule has 1 unspecified atom stereocenters. The first-order valence-electron chi connectivity index (χ1n) is 4.94. The van der Waals surface area contributed by atoms with Crippen molar-refractivity contribution in [3.63, 3.8) is 0 Å². The molecule has 0 saturated heterocycles. The van der Waals surface area contributed by atoms with Crippen LogP contribution < -0.4 is 11.1 Å². The number of aliphatic hydroxyl groups excluding tert-OH is 2. The standard InChI is InChI=1S/C9H18N2O3/c10-9(3-1-2-4-9)8(14)11-5-7(13)6-12/h7,12-13H,1-6,10H2,(H,11,14). The lowest BCUT2D eigenvalue weighted by molar-refractivity contribution is -0.126. The maximum atomic E-state index is 11.6. The first-order chi connectivity index (χ1) is 6.58. The van der Waals surface area contributed by atoms with Gasteiger partial charge in [-0.05, 0) is 12.8 Å². The number of nitrogens with two attached hydrogens (primary N) is 1. The number of aliphatic hydroxyl groups is 2. The molecule has 0 heterocycles. The molecule has 82 valence electrons. The second kappa shape index (κ2) is 4.72. The van der Waals surface area contributed by atoms with Crippen molar-refractivity contribution in [3.05, 3.63) is 0 Å². The van der Waals surface area contributed by atoms with Crippen molar-refractivity contribution in [2.75, 3.05) is 13.2 Å². The molecule has 1 rings (SSSR count). The molecule has 1 amide bonds. The molecule has 5 nitrogen and oxygen atoms in total. The summed E-state index contributed by atoms with van der Waals surface area (Å²) in [6.07, 6.45) is 2.46. The van der Waals surface area contributed by atoms with Gasteiger partial charge in [0.25, 0.3) is 0 Å². The number of rotatable bonds is 4. The van der Waals surface area contributed by atoms with Crippen molar-refractivity contribution in [1.82, 2.24) is 5.32 Å². The smallest absolute Gasteiger partial charge is 0.240 e. The molecule has 0 aromatic rings. The molecule has 1 fully saturated rings. The van der Waals surface area contributed by atoms with Gasteiger partial charge in [0.1, 0.15) is 0 Å². The summed E-state index contributed by atoms with van der Waals surface area (Å²) in [6.45, 7) is -0.286. The zero-order valence-corrected chi connectivity index (χ0v) is 8.20. The van der Waals surface area contributed by atoms with Gasteiger partial charge in [0.15, 0.2) is 0 Å². The molecular weight excluding hydrogens is 184 g/mol. The maximum Gasteiger partial charge on any atom is 0.240 e. The molecule has 0 aromatic heterocycles. The highest BCUT2D eigenvalue weighted by Crippen LogP contribution is 2.26. The summed E-state index contributed by atoms with van der Waals surface area (Å²) < 4.78 is 0. The van der Waals surface area contributed by atoms with Gasteiger partial charge in [0.05, 0.1) is 18.2 Å². The van der Waals surface area contributed by atoms with Crippen LogP contribution in [0.1, 0.15) is 25.7 Å². The fourth-order valence-electron chi connectivity index (χ4n) is 1.68. The number of nitrogens with one attached hydrogen (secondary N) is 1. The second-order valence-electron chi connectivity index (χ2n) is 3.91. The van der Waals surface area contributed by atoms with E-state index in [0.29, 0.717) is 12.8 Å². The predicted octanol–water partition coefficient (Wildman–Crippen LogP) is -1.27. The van der Waals surface area contributed by atoms with Crippen LogP contribution in [-0.4, -0.2) is 40.9 Å². The second-order valence-corrected chi connectivity index (χ2v) is 3.91. The molecule has 5 heteroatoms. The third-order valence-electron chi connectivity index (χ3n) is 2.66. The van der Waals surface area contributed by atoms with Crippen molar-refractivity contribution < 1.29 is 15.0 Å². The van der Waals surface area contributed by atoms with E-state index in [9.17, 15) is 4.79 Å². The first kappa shape index (κ1) is 11.4. The average molecular weight is 202 g/mol. The normalized spacial score (nSPS) is 21.9. The molecule has 14 heavy (non-hydrogen) atoms. The lowest BCUT2D eigenvalue weighted by Gasteiger charge is -2.22. The molecule has 1 atom stereocenters. The van der Waals surface area contributed by atoms with Crippen LogP contribution in [0.3, 0.4) is 0 Å². The molecule has 1 saturated carbocycles. The number of hydrogen-bond acceptors (Lipinski definition) is 4. The lowest BCUT2D eigenvalue weighted by atomic mass is 9.98. The minimum Gasteiger partial charge on any atom is -0.394 e. The van der Waals surface area contributed by atoms with Crippen LogP contribution in [0.25, 0.3) is 0 Å². The van der Waals surface area contributed by atoms with Gasteiger partial charge >= 0.3 is 0 Å². The first-order valence-corrected chi connectivity index (χ1v) is 4.94. The van der Waals surface area contributed by atoms with E-state index in [1.54, 1.807) is 0 Å². The largest absolute Gasteiger partial charge is 0.394 e. The minimum atomic E-state index is -0.899. The Kier molecular flexibility index (Phi) is 3.86. The predicted molar refractivity (Wildman–Crippen MR) is 51.5 cm³/mol. The van der Waals surface area contributed by atoms with Crippen LogP contribution in [-0.2, 0) is 4.79 Å². The van der Waals surface area contributed by atoms with Crippen LogP contribution in [0.4, 0.5) is 0 Å². The maximum absolute atomic E-state index is 11.6. The van der Waals surface area contributed by atoms with E-state index in [-0.39, 0.29) is 19.1 Å². The average Bonchev–Trinajstić information content (AvgIpc) is 2.62. The number of carbonyl (C=O) groups excluding carboxylic acids is 1. The van der Waals surface area contributed by atoms with E-state index in [1.165, 1.54) is 0 Å². The van der Waals surface area contributed by atoms with Gasteiger partial charge in [-0.3, -0.25) is 4.79 Å². The SMILES string of the molecule is NC1(C(=O)NCC(O)CO)CCCC1. The highest BCUT2D eigenvalue weighted by molar-refractivity contribution is 5.86. The molecule has 0 aliphatic heterocycles. The van der Waals surface area contributed by atoms with E-state index in [4.69, 9.17) is 15.9 Å². The number of carbonyl (C=O) groups is 1. The molecule has 1 aliphatic rings. The van der Waals surface area contributed by atoms with E-state index in [2.05, 4.69) is 5.32 Å². The molecule has 1 aliphatic carbocycles. The summed E-state index contributed by atoms with van der Waals surface area (Å²) in [5.41, 5.74) is 5.12. The molecule has 0 aromatic carbocycles. The van der Waals surface area contributed by atoms with Crippen LogP contribution in [0, 0.1) is 0 Å². The van der Waals surface area contributed by atoms with E-state index in [1.807, 2.05) is 0 Å². The molecule has 5 N–H and O–H groups in total. The Morgan fingerprint density at radius 3 is 2.57 bits per heavy atom. The van der Waals surface area contributed by atoms with Gasteiger partial charge in [0.2, 0.25) is 5.91 Å². The molecule has 0 bridgehead atoms. The monoisotopic (exact) mass is 202 g/mol. The summed E-state index contributed by atoms with van der Waals surface area (Å²) in [6, 6.07) is 0. The van der Waals surface area contributed by atoms with E-state index >= 15 is 0 Å². The van der Waals surface area contributed by atoms with Gasteiger partial charge in [0, 0.05) is 6.54 Å². The van der Waals surface area contributed by atoms with E-state index < -0.39 is 11.6 Å². The third kappa shape index (κ3) is 2.67. The summed E-state index contributed by atoms with van der Waals surface area (Å²) in [7, 11) is 0. The molecule has 0 spiro atoms. The highest BCUT2D eigenvalue weighted by Gasteiger charge is 2.36. The quantitative estimate of drug-likeness (QED) is 0.457. The van der Waals surface area contributed by atoms with Gasteiger partial charge < -0.3 is 21.3 Å². The minimum absolute atomic E-state index is 0.0638. The zero-order chi connectivity index (χ0) is 10.6. The van der Waals surface area contributed by atoms with Gasteiger partial charge in [-0.1, -0.05) is 12.8 Å². The Morgan fingerprint density at radius 1 is 1.50 bits per heavy atom. The van der Waals surface area contributed by atoms with Crippen molar-refractivity contribution in [2.24, 2.45) is 5.73 Å². The highest BCUT2D eigenvalue weighted by atomic mass is 16.3. The Hall–Kier alpha value is -0.650. The Morgan fingerprint density at radius 2 is 2.07 bits per heavy atom. The third-order valence-corrected chi connectivity index (χ3v) is 2.66. The summed E-state index contributed by atoms with van der Waals surface area (Å²) in [5.74, 6) is -0.220. The van der Waals surface area contributed by atoms with Crippen molar-refractivity contribution in [2.45, 2.75) is 37.3 Å². The fourth-order valence-corrected chi connectivity index (χ4v) is 1.68. The Balaban J connectivity index is 2.34. The van der Waals surface area contributed by atoms with Gasteiger partial charge in [-0.2, -0.15) is 0 Å². The number of amides is 1.